The molecule has 2 aromatic heterocycles. The molecule has 1 amide bonds. The normalized spacial score (nSPS) is 16.5. The zero-order chi connectivity index (χ0) is 27.8. The van der Waals surface area contributed by atoms with Gasteiger partial charge in [0.25, 0.3) is 0 Å². The van der Waals surface area contributed by atoms with Gasteiger partial charge in [-0.1, -0.05) is 46.3 Å². The van der Waals surface area contributed by atoms with Crippen LogP contribution in [0.2, 0.25) is 25.7 Å². The standard InChI is InChI=1S/C31H46N4O3Si/c1-7-12-31(13-8-2)25-19-26-24(18-27(25)35(30(31)36)14-15-37-3)23-11-9-10-22-20-34(33-28(22)29(23)32-26)21-38-16-17-39(4,5)6/h18-20,32H,7-17,21H2,1-6H3. The molecule has 39 heavy (non-hydrogen) atoms. The summed E-state index contributed by atoms with van der Waals surface area (Å²) in [5.74, 6) is 0.243. The van der Waals surface area contributed by atoms with Gasteiger partial charge in [-0.2, -0.15) is 5.10 Å². The van der Waals surface area contributed by atoms with E-state index in [1.54, 1.807) is 7.11 Å². The fourth-order valence-electron chi connectivity index (χ4n) is 6.62. The van der Waals surface area contributed by atoms with Crippen LogP contribution in [-0.4, -0.2) is 55.6 Å². The maximum Gasteiger partial charge on any atom is 0.237 e. The number of carbonyl (C=O) groups excluding carboxylic acids is 1. The number of aromatic amines is 1. The molecule has 1 aromatic carbocycles. The van der Waals surface area contributed by atoms with E-state index in [1.165, 1.54) is 22.1 Å². The van der Waals surface area contributed by atoms with Crippen LogP contribution in [0, 0.1) is 0 Å². The Morgan fingerprint density at radius 1 is 1.10 bits per heavy atom. The first kappa shape index (κ1) is 28.1. The first-order chi connectivity index (χ1) is 18.7. The van der Waals surface area contributed by atoms with Gasteiger partial charge in [0, 0.05) is 51.1 Å². The molecule has 0 bridgehead atoms. The molecule has 0 spiro atoms. The first-order valence-corrected chi connectivity index (χ1v) is 18.6. The number of fused-ring (bicyclic) bond motifs is 6. The summed E-state index contributed by atoms with van der Waals surface area (Å²) in [4.78, 5) is 19.8. The smallest absolute Gasteiger partial charge is 0.237 e. The van der Waals surface area contributed by atoms with E-state index in [9.17, 15) is 4.79 Å². The zero-order valence-electron chi connectivity index (χ0n) is 24.8. The van der Waals surface area contributed by atoms with Gasteiger partial charge in [0.2, 0.25) is 5.91 Å². The van der Waals surface area contributed by atoms with Crippen molar-refractivity contribution in [3.05, 3.63) is 35.0 Å². The number of carbonyl (C=O) groups is 1. The quantitative estimate of drug-likeness (QED) is 0.202. The highest BCUT2D eigenvalue weighted by atomic mass is 28.3. The van der Waals surface area contributed by atoms with Crippen LogP contribution in [0.15, 0.2) is 18.3 Å². The molecule has 0 unspecified atom stereocenters. The minimum atomic E-state index is -1.12. The lowest BCUT2D eigenvalue weighted by Crippen LogP contribution is -2.41. The Balaban J connectivity index is 1.54. The second-order valence-corrected chi connectivity index (χ2v) is 18.3. The van der Waals surface area contributed by atoms with E-state index in [2.05, 4.69) is 56.8 Å². The summed E-state index contributed by atoms with van der Waals surface area (Å²) in [6.07, 6.45) is 8.94. The van der Waals surface area contributed by atoms with E-state index in [0.717, 1.165) is 80.2 Å². The van der Waals surface area contributed by atoms with Crippen molar-refractivity contribution in [2.45, 2.75) is 96.6 Å². The van der Waals surface area contributed by atoms with E-state index >= 15 is 0 Å². The minimum Gasteiger partial charge on any atom is -0.383 e. The van der Waals surface area contributed by atoms with E-state index in [1.807, 2.05) is 9.58 Å². The average Bonchev–Trinajstić information content (AvgIpc) is 3.48. The lowest BCUT2D eigenvalue weighted by atomic mass is 9.74. The van der Waals surface area contributed by atoms with Gasteiger partial charge in [-0.25, -0.2) is 4.68 Å². The van der Waals surface area contributed by atoms with Crippen LogP contribution in [0.1, 0.15) is 62.6 Å². The molecular formula is C31H46N4O3Si. The molecule has 3 aromatic rings. The summed E-state index contributed by atoms with van der Waals surface area (Å²) in [5.41, 5.74) is 7.69. The molecule has 0 atom stereocenters. The summed E-state index contributed by atoms with van der Waals surface area (Å²) in [5, 5.41) is 6.23. The number of ether oxygens (including phenoxy) is 2. The molecule has 1 aliphatic heterocycles. The van der Waals surface area contributed by atoms with Crippen molar-refractivity contribution in [1.29, 1.82) is 0 Å². The fourth-order valence-corrected chi connectivity index (χ4v) is 7.37. The van der Waals surface area contributed by atoms with Crippen molar-refractivity contribution in [2.24, 2.45) is 0 Å². The Kier molecular flexibility index (Phi) is 8.09. The predicted octanol–water partition coefficient (Wildman–Crippen LogP) is 6.66. The number of nitrogens with zero attached hydrogens (tertiary/aromatic N) is 3. The van der Waals surface area contributed by atoms with Crippen LogP contribution in [0.3, 0.4) is 0 Å². The average molecular weight is 551 g/mol. The van der Waals surface area contributed by atoms with Gasteiger partial charge in [-0.05, 0) is 67.0 Å². The van der Waals surface area contributed by atoms with Crippen molar-refractivity contribution < 1.29 is 14.3 Å². The molecule has 1 N–H and O–H groups in total. The maximum absolute atomic E-state index is 14.0. The van der Waals surface area contributed by atoms with Crippen LogP contribution in [0.25, 0.3) is 22.3 Å². The number of methoxy groups -OCH3 is 1. The molecule has 3 heterocycles. The number of hydrogen-bond acceptors (Lipinski definition) is 4. The molecule has 5 rings (SSSR count). The van der Waals surface area contributed by atoms with E-state index in [4.69, 9.17) is 14.6 Å². The zero-order valence-corrected chi connectivity index (χ0v) is 25.8. The molecule has 2 aliphatic rings. The number of aryl methyl sites for hydroxylation is 2. The van der Waals surface area contributed by atoms with Gasteiger partial charge in [0.05, 0.1) is 17.7 Å². The lowest BCUT2D eigenvalue weighted by Gasteiger charge is -2.28. The topological polar surface area (TPSA) is 72.4 Å². The third kappa shape index (κ3) is 5.23. The van der Waals surface area contributed by atoms with Gasteiger partial charge in [0.1, 0.15) is 12.4 Å². The number of hydrogen-bond donors (Lipinski definition) is 1. The SMILES string of the molecule is CCCC1(CCC)C(=O)N(CCOC)c2cc3c4c([nH]c3cc21)-c1nn(COCC[Si](C)(C)C)cc1CCC4. The van der Waals surface area contributed by atoms with Gasteiger partial charge in [0.15, 0.2) is 0 Å². The van der Waals surface area contributed by atoms with Crippen LogP contribution in [-0.2, 0) is 39.3 Å². The Labute approximate surface area is 234 Å². The molecule has 7 nitrogen and oxygen atoms in total. The highest BCUT2D eigenvalue weighted by molar-refractivity contribution is 6.76. The molecule has 0 fully saturated rings. The number of benzene rings is 1. The maximum atomic E-state index is 14.0. The number of nitrogens with one attached hydrogen (secondary N) is 1. The molecule has 0 saturated heterocycles. The van der Waals surface area contributed by atoms with E-state index in [-0.39, 0.29) is 5.91 Å². The van der Waals surface area contributed by atoms with Gasteiger partial charge in [-0.3, -0.25) is 4.79 Å². The van der Waals surface area contributed by atoms with E-state index in [0.29, 0.717) is 19.9 Å². The van der Waals surface area contributed by atoms with Crippen LogP contribution in [0.5, 0.6) is 0 Å². The van der Waals surface area contributed by atoms with Gasteiger partial charge in [-0.15, -0.1) is 0 Å². The van der Waals surface area contributed by atoms with Gasteiger partial charge < -0.3 is 19.4 Å². The molecule has 1 aliphatic carbocycles. The molecule has 0 radical (unpaired) electrons. The van der Waals surface area contributed by atoms with Crippen molar-refractivity contribution in [1.82, 2.24) is 14.8 Å². The highest BCUT2D eigenvalue weighted by Gasteiger charge is 2.49. The fraction of sp³-hybridized carbons (Fsp3) is 0.613. The summed E-state index contributed by atoms with van der Waals surface area (Å²) in [7, 11) is 0.589. The monoisotopic (exact) mass is 550 g/mol. The van der Waals surface area contributed by atoms with Crippen LogP contribution < -0.4 is 4.90 Å². The number of amides is 1. The Bertz CT molecular complexity index is 1330. The summed E-state index contributed by atoms with van der Waals surface area (Å²) < 4.78 is 13.4. The molecule has 8 heteroatoms. The largest absolute Gasteiger partial charge is 0.383 e. The van der Waals surface area contributed by atoms with Crippen LogP contribution >= 0.6 is 0 Å². The first-order valence-electron chi connectivity index (χ1n) is 14.9. The number of anilines is 1. The third-order valence-electron chi connectivity index (χ3n) is 8.52. The van der Waals surface area contributed by atoms with Crippen molar-refractivity contribution in [3.8, 4) is 11.4 Å². The Morgan fingerprint density at radius 3 is 2.56 bits per heavy atom. The molecule has 212 valence electrons. The highest BCUT2D eigenvalue weighted by Crippen LogP contribution is 2.50. The third-order valence-corrected chi connectivity index (χ3v) is 10.2. The predicted molar refractivity (Wildman–Crippen MR) is 161 cm³/mol. The molecular weight excluding hydrogens is 504 g/mol. The lowest BCUT2D eigenvalue weighted by molar-refractivity contribution is -0.123. The Morgan fingerprint density at radius 2 is 1.87 bits per heavy atom. The number of rotatable bonds is 12. The van der Waals surface area contributed by atoms with Crippen molar-refractivity contribution in [3.63, 3.8) is 0 Å². The number of aromatic nitrogens is 3. The molecule has 0 saturated carbocycles. The minimum absolute atomic E-state index is 0.243. The second-order valence-electron chi connectivity index (χ2n) is 12.7. The van der Waals surface area contributed by atoms with E-state index < -0.39 is 13.5 Å². The summed E-state index contributed by atoms with van der Waals surface area (Å²) in [6.45, 7) is 13.9. The number of H-pyrrole nitrogens is 1. The summed E-state index contributed by atoms with van der Waals surface area (Å²) >= 11 is 0. The summed E-state index contributed by atoms with van der Waals surface area (Å²) in [6, 6.07) is 5.72. The van der Waals surface area contributed by atoms with Crippen molar-refractivity contribution >= 4 is 30.6 Å². The van der Waals surface area contributed by atoms with Crippen LogP contribution in [0.4, 0.5) is 5.69 Å². The Hall–Kier alpha value is -2.42. The van der Waals surface area contributed by atoms with Gasteiger partial charge >= 0.3 is 0 Å². The second kappa shape index (κ2) is 11.2. The van der Waals surface area contributed by atoms with Crippen molar-refractivity contribution in [2.75, 3.05) is 31.8 Å².